The van der Waals surface area contributed by atoms with E-state index in [1.165, 1.54) is 52.1 Å². The highest BCUT2D eigenvalue weighted by molar-refractivity contribution is 5.69. The van der Waals surface area contributed by atoms with Gasteiger partial charge in [0.25, 0.3) is 0 Å². The van der Waals surface area contributed by atoms with Crippen molar-refractivity contribution >= 4 is 11.9 Å². The van der Waals surface area contributed by atoms with Crippen LogP contribution < -0.4 is 0 Å². The van der Waals surface area contributed by atoms with E-state index in [9.17, 15) is 9.59 Å². The lowest BCUT2D eigenvalue weighted by atomic mass is 9.44. The predicted octanol–water partition coefficient (Wildman–Crippen LogP) is 6.17. The number of carbonyl (C=O) groups excluding carboxylic acids is 2. The Balaban J connectivity index is 1.45. The van der Waals surface area contributed by atoms with Crippen LogP contribution in [-0.2, 0) is 19.1 Å². The van der Waals surface area contributed by atoms with Crippen LogP contribution >= 0.6 is 0 Å². The minimum absolute atomic E-state index is 0.0640. The summed E-state index contributed by atoms with van der Waals surface area (Å²) < 4.78 is 10.5. The Morgan fingerprint density at radius 3 is 2.39 bits per heavy atom. The molecule has 0 aromatic heterocycles. The van der Waals surface area contributed by atoms with Crippen LogP contribution in [0.4, 0.5) is 0 Å². The lowest BCUT2D eigenvalue weighted by Crippen LogP contribution is -2.54. The maximum absolute atomic E-state index is 11.7. The van der Waals surface area contributed by atoms with Crippen LogP contribution in [0.15, 0.2) is 0 Å². The molecular weight excluding hydrogens is 388 g/mol. The molecule has 4 rings (SSSR count). The van der Waals surface area contributed by atoms with Gasteiger partial charge in [-0.25, -0.2) is 0 Å². The summed E-state index contributed by atoms with van der Waals surface area (Å²) >= 11 is 0. The molecule has 0 spiro atoms. The minimum atomic E-state index is -0.117. The van der Waals surface area contributed by atoms with Crippen molar-refractivity contribution < 1.29 is 19.1 Å². The van der Waals surface area contributed by atoms with Crippen molar-refractivity contribution in [2.24, 2.45) is 46.3 Å². The molecule has 31 heavy (non-hydrogen) atoms. The molecule has 0 N–H and O–H groups in total. The number of rotatable bonds is 5. The fourth-order valence-corrected chi connectivity index (χ4v) is 9.18. The first-order chi connectivity index (χ1) is 14.7. The van der Waals surface area contributed by atoms with Gasteiger partial charge in [0.1, 0.15) is 6.10 Å². The van der Waals surface area contributed by atoms with Crippen molar-refractivity contribution in [3.05, 3.63) is 0 Å². The second kappa shape index (κ2) is 8.71. The Morgan fingerprint density at radius 1 is 0.968 bits per heavy atom. The topological polar surface area (TPSA) is 52.6 Å². The van der Waals surface area contributed by atoms with Gasteiger partial charge >= 0.3 is 11.9 Å². The molecule has 0 aliphatic heterocycles. The molecule has 4 aliphatic carbocycles. The van der Waals surface area contributed by atoms with Crippen molar-refractivity contribution in [2.45, 2.75) is 104 Å². The summed E-state index contributed by atoms with van der Waals surface area (Å²) in [6, 6.07) is 0. The molecule has 176 valence electrons. The largest absolute Gasteiger partial charge is 0.469 e. The van der Waals surface area contributed by atoms with Gasteiger partial charge in [-0.15, -0.1) is 0 Å². The lowest BCUT2D eigenvalue weighted by molar-refractivity contribution is -0.160. The van der Waals surface area contributed by atoms with E-state index >= 15 is 0 Å². The van der Waals surface area contributed by atoms with Crippen molar-refractivity contribution in [2.75, 3.05) is 7.11 Å². The van der Waals surface area contributed by atoms with E-state index < -0.39 is 0 Å². The van der Waals surface area contributed by atoms with Gasteiger partial charge in [0.2, 0.25) is 0 Å². The standard InChI is InChI=1S/C27H44O4/c1-17(6-11-25(29)30-5)22-9-10-23-21-8-7-19-16-20(31-18(2)28)12-14-26(19,3)24(21)13-15-27(22,23)4/h17,19-24H,6-16H2,1-5H3/t17-,19-,20-,21+,22?,23+,24+,26+,27-/m1/s1. The van der Waals surface area contributed by atoms with Crippen molar-refractivity contribution in [1.29, 1.82) is 0 Å². The summed E-state index contributed by atoms with van der Waals surface area (Å²) in [6.07, 6.45) is 13.1. The van der Waals surface area contributed by atoms with E-state index in [0.717, 1.165) is 42.9 Å². The molecule has 0 saturated heterocycles. The Morgan fingerprint density at radius 2 is 1.68 bits per heavy atom. The second-order valence-corrected chi connectivity index (χ2v) is 12.0. The Labute approximate surface area is 189 Å². The van der Waals surface area contributed by atoms with E-state index in [-0.39, 0.29) is 18.0 Å². The molecule has 4 fully saturated rings. The summed E-state index contributed by atoms with van der Waals surface area (Å²) in [4.78, 5) is 23.2. The molecule has 4 saturated carbocycles. The van der Waals surface area contributed by atoms with Crippen molar-refractivity contribution in [3.8, 4) is 0 Å². The predicted molar refractivity (Wildman–Crippen MR) is 121 cm³/mol. The summed E-state index contributed by atoms with van der Waals surface area (Å²) in [7, 11) is 1.50. The van der Waals surface area contributed by atoms with E-state index in [1.807, 2.05) is 0 Å². The molecular formula is C27H44O4. The fraction of sp³-hybridized carbons (Fsp3) is 0.926. The van der Waals surface area contributed by atoms with Gasteiger partial charge in [-0.3, -0.25) is 9.59 Å². The Bertz CT molecular complexity index is 689. The first-order valence-corrected chi connectivity index (χ1v) is 12.9. The lowest BCUT2D eigenvalue weighted by Gasteiger charge is -2.61. The van der Waals surface area contributed by atoms with Gasteiger partial charge < -0.3 is 9.47 Å². The first-order valence-electron chi connectivity index (χ1n) is 12.9. The second-order valence-electron chi connectivity index (χ2n) is 12.0. The molecule has 4 heteroatoms. The normalized spacial score (nSPS) is 45.1. The zero-order valence-corrected chi connectivity index (χ0v) is 20.5. The molecule has 9 atom stereocenters. The number of hydrogen-bond donors (Lipinski definition) is 0. The highest BCUT2D eigenvalue weighted by Crippen LogP contribution is 2.68. The molecule has 0 amide bonds. The molecule has 0 aromatic carbocycles. The van der Waals surface area contributed by atoms with Gasteiger partial charge in [0, 0.05) is 13.3 Å². The fourth-order valence-electron chi connectivity index (χ4n) is 9.18. The maximum atomic E-state index is 11.7. The quantitative estimate of drug-likeness (QED) is 0.488. The maximum Gasteiger partial charge on any atom is 0.305 e. The Hall–Kier alpha value is -1.06. The Kier molecular flexibility index (Phi) is 6.49. The van der Waals surface area contributed by atoms with Crippen LogP contribution in [0.5, 0.6) is 0 Å². The average Bonchev–Trinajstić information content (AvgIpc) is 3.09. The molecule has 0 bridgehead atoms. The number of fused-ring (bicyclic) bond motifs is 5. The van der Waals surface area contributed by atoms with E-state index in [2.05, 4.69) is 20.8 Å². The van der Waals surface area contributed by atoms with Crippen molar-refractivity contribution in [3.63, 3.8) is 0 Å². The van der Waals surface area contributed by atoms with E-state index in [0.29, 0.717) is 29.1 Å². The van der Waals surface area contributed by atoms with Crippen LogP contribution in [-0.4, -0.2) is 25.2 Å². The third-order valence-corrected chi connectivity index (χ3v) is 10.7. The summed E-state index contributed by atoms with van der Waals surface area (Å²) in [5.41, 5.74) is 0.865. The van der Waals surface area contributed by atoms with Gasteiger partial charge in [-0.2, -0.15) is 0 Å². The summed E-state index contributed by atoms with van der Waals surface area (Å²) in [5.74, 6) is 4.42. The zero-order chi connectivity index (χ0) is 22.4. The van der Waals surface area contributed by atoms with E-state index in [4.69, 9.17) is 9.47 Å². The molecule has 0 heterocycles. The van der Waals surface area contributed by atoms with Gasteiger partial charge in [-0.05, 0) is 111 Å². The molecule has 1 unspecified atom stereocenters. The molecule has 4 nitrogen and oxygen atoms in total. The van der Waals surface area contributed by atoms with Crippen LogP contribution in [0.1, 0.15) is 98.3 Å². The van der Waals surface area contributed by atoms with Crippen LogP contribution in [0.2, 0.25) is 0 Å². The first kappa shape index (κ1) is 23.1. The number of methoxy groups -OCH3 is 1. The summed E-state index contributed by atoms with van der Waals surface area (Å²) in [5, 5.41) is 0. The SMILES string of the molecule is COC(=O)CC[C@@H](C)C1CC[C@H]2[C@@H]3CC[C@@H]4C[C@H](OC(C)=O)CC[C@]4(C)[C@H]3CC[C@]12C. The van der Waals surface area contributed by atoms with Crippen LogP contribution in [0.25, 0.3) is 0 Å². The molecule has 0 radical (unpaired) electrons. The highest BCUT2D eigenvalue weighted by Gasteiger charge is 2.60. The number of esters is 2. The van der Waals surface area contributed by atoms with Gasteiger partial charge in [-0.1, -0.05) is 20.8 Å². The summed E-state index contributed by atoms with van der Waals surface area (Å²) in [6.45, 7) is 9.09. The van der Waals surface area contributed by atoms with Gasteiger partial charge in [0.15, 0.2) is 0 Å². The number of ether oxygens (including phenoxy) is 2. The molecule has 4 aliphatic rings. The van der Waals surface area contributed by atoms with Crippen molar-refractivity contribution in [1.82, 2.24) is 0 Å². The monoisotopic (exact) mass is 432 g/mol. The van der Waals surface area contributed by atoms with Crippen LogP contribution in [0.3, 0.4) is 0 Å². The minimum Gasteiger partial charge on any atom is -0.469 e. The van der Waals surface area contributed by atoms with Crippen LogP contribution in [0, 0.1) is 46.3 Å². The number of carbonyl (C=O) groups is 2. The van der Waals surface area contributed by atoms with E-state index in [1.54, 1.807) is 6.92 Å². The smallest absolute Gasteiger partial charge is 0.305 e. The number of hydrogen-bond acceptors (Lipinski definition) is 4. The third-order valence-electron chi connectivity index (χ3n) is 10.7. The van der Waals surface area contributed by atoms with Gasteiger partial charge in [0.05, 0.1) is 7.11 Å². The molecule has 0 aromatic rings. The highest BCUT2D eigenvalue weighted by atomic mass is 16.5. The zero-order valence-electron chi connectivity index (χ0n) is 20.5. The average molecular weight is 433 g/mol. The third kappa shape index (κ3) is 4.06.